The van der Waals surface area contributed by atoms with Gasteiger partial charge in [0.05, 0.1) is 14.2 Å². The minimum absolute atomic E-state index is 0.0266. The number of aromatic nitrogens is 2. The molecule has 1 aromatic carbocycles. The fourth-order valence-electron chi connectivity index (χ4n) is 2.97. The summed E-state index contributed by atoms with van der Waals surface area (Å²) in [6.07, 6.45) is 6.27. The third kappa shape index (κ3) is 3.24. The summed E-state index contributed by atoms with van der Waals surface area (Å²) in [5, 5.41) is 0. The largest absolute Gasteiger partial charge is 0.493 e. The van der Waals surface area contributed by atoms with Crippen molar-refractivity contribution in [1.82, 2.24) is 9.97 Å². The lowest BCUT2D eigenvalue weighted by Gasteiger charge is -2.28. The fraction of sp³-hybridized carbons (Fsp3) is 0.368. The SMILES string of the molecule is COc1cc(Cc2cnc(N)nc2N)c2c(c1OC)OC(C(C)C)C=C2. The van der Waals surface area contributed by atoms with Crippen LogP contribution in [-0.2, 0) is 6.42 Å². The lowest BCUT2D eigenvalue weighted by molar-refractivity contribution is 0.184. The van der Waals surface area contributed by atoms with E-state index in [1.807, 2.05) is 6.07 Å². The Morgan fingerprint density at radius 3 is 2.58 bits per heavy atom. The molecule has 26 heavy (non-hydrogen) atoms. The van der Waals surface area contributed by atoms with Crippen LogP contribution in [-0.4, -0.2) is 30.3 Å². The van der Waals surface area contributed by atoms with E-state index in [2.05, 4.69) is 36.0 Å². The van der Waals surface area contributed by atoms with E-state index in [1.54, 1.807) is 20.4 Å². The zero-order valence-electron chi connectivity index (χ0n) is 15.4. The molecule has 7 heteroatoms. The van der Waals surface area contributed by atoms with Crippen molar-refractivity contribution in [3.63, 3.8) is 0 Å². The molecule has 1 unspecified atom stereocenters. The Morgan fingerprint density at radius 1 is 1.19 bits per heavy atom. The Hall–Kier alpha value is -2.96. The van der Waals surface area contributed by atoms with Crippen LogP contribution in [0.2, 0.25) is 0 Å². The van der Waals surface area contributed by atoms with Crippen LogP contribution in [0.4, 0.5) is 11.8 Å². The first-order chi connectivity index (χ1) is 12.4. The summed E-state index contributed by atoms with van der Waals surface area (Å²) in [4.78, 5) is 8.07. The zero-order valence-corrected chi connectivity index (χ0v) is 15.4. The molecule has 0 aliphatic carbocycles. The molecule has 0 saturated heterocycles. The molecule has 0 fully saturated rings. The first-order valence-corrected chi connectivity index (χ1v) is 8.44. The van der Waals surface area contributed by atoms with Crippen LogP contribution in [0, 0.1) is 5.92 Å². The average molecular weight is 356 g/mol. The van der Waals surface area contributed by atoms with Gasteiger partial charge in [-0.1, -0.05) is 19.9 Å². The third-order valence-corrected chi connectivity index (χ3v) is 4.41. The zero-order chi connectivity index (χ0) is 18.8. The number of hydrogen-bond donors (Lipinski definition) is 2. The van der Waals surface area contributed by atoms with Crippen molar-refractivity contribution in [2.75, 3.05) is 25.7 Å². The number of anilines is 2. The van der Waals surface area contributed by atoms with Crippen LogP contribution in [0.15, 0.2) is 18.3 Å². The normalized spacial score (nSPS) is 15.5. The van der Waals surface area contributed by atoms with Gasteiger partial charge in [-0.05, 0) is 23.6 Å². The first-order valence-electron chi connectivity index (χ1n) is 8.44. The maximum atomic E-state index is 6.21. The first kappa shape index (κ1) is 17.8. The van der Waals surface area contributed by atoms with Crippen molar-refractivity contribution in [2.45, 2.75) is 26.4 Å². The number of benzene rings is 1. The molecule has 1 aliphatic rings. The Morgan fingerprint density at radius 2 is 1.96 bits per heavy atom. The van der Waals surface area contributed by atoms with Gasteiger partial charge in [0.1, 0.15) is 11.9 Å². The van der Waals surface area contributed by atoms with Crippen LogP contribution in [0.1, 0.15) is 30.5 Å². The lowest BCUT2D eigenvalue weighted by atomic mass is 9.95. The summed E-state index contributed by atoms with van der Waals surface area (Å²) < 4.78 is 17.3. The third-order valence-electron chi connectivity index (χ3n) is 4.41. The number of nitrogens with two attached hydrogens (primary N) is 2. The van der Waals surface area contributed by atoms with Gasteiger partial charge in [0, 0.05) is 23.7 Å². The van der Waals surface area contributed by atoms with Gasteiger partial charge in [0.15, 0.2) is 11.5 Å². The minimum Gasteiger partial charge on any atom is -0.493 e. The molecule has 2 aromatic rings. The van der Waals surface area contributed by atoms with Crippen molar-refractivity contribution in [3.05, 3.63) is 35.0 Å². The van der Waals surface area contributed by atoms with Crippen molar-refractivity contribution in [3.8, 4) is 17.2 Å². The van der Waals surface area contributed by atoms with Gasteiger partial charge in [-0.15, -0.1) is 0 Å². The Balaban J connectivity index is 2.10. The molecule has 7 nitrogen and oxygen atoms in total. The standard InChI is InChI=1S/C19H24N4O3/c1-10(2)14-6-5-13-11(7-12-9-22-19(21)23-18(12)20)8-15(24-3)17(25-4)16(13)26-14/h5-6,8-10,14H,7H2,1-4H3,(H4,20,21,22,23). The van der Waals surface area contributed by atoms with Crippen molar-refractivity contribution < 1.29 is 14.2 Å². The van der Waals surface area contributed by atoms with Crippen LogP contribution in [0.5, 0.6) is 17.2 Å². The molecule has 0 bridgehead atoms. The van der Waals surface area contributed by atoms with Gasteiger partial charge in [-0.3, -0.25) is 0 Å². The van der Waals surface area contributed by atoms with E-state index in [9.17, 15) is 0 Å². The molecule has 4 N–H and O–H groups in total. The predicted molar refractivity (Wildman–Crippen MR) is 101 cm³/mol. The molecule has 138 valence electrons. The fourth-order valence-corrected chi connectivity index (χ4v) is 2.97. The molecule has 1 aliphatic heterocycles. The number of ether oxygens (including phenoxy) is 3. The summed E-state index contributed by atoms with van der Waals surface area (Å²) in [6, 6.07) is 1.93. The topological polar surface area (TPSA) is 106 Å². The molecule has 1 aromatic heterocycles. The van der Waals surface area contributed by atoms with Gasteiger partial charge in [0.25, 0.3) is 0 Å². The summed E-state index contributed by atoms with van der Waals surface area (Å²) in [6.45, 7) is 4.22. The smallest absolute Gasteiger partial charge is 0.221 e. The maximum Gasteiger partial charge on any atom is 0.221 e. The van der Waals surface area contributed by atoms with E-state index in [4.69, 9.17) is 25.7 Å². The van der Waals surface area contributed by atoms with E-state index in [0.29, 0.717) is 35.4 Å². The molecular weight excluding hydrogens is 332 g/mol. The molecular formula is C19H24N4O3. The summed E-state index contributed by atoms with van der Waals surface area (Å²) >= 11 is 0. The van der Waals surface area contributed by atoms with Crippen LogP contribution in [0.25, 0.3) is 6.08 Å². The van der Waals surface area contributed by atoms with Gasteiger partial charge in [0.2, 0.25) is 11.7 Å². The maximum absolute atomic E-state index is 6.21. The Kier molecular flexibility index (Phi) is 4.88. The van der Waals surface area contributed by atoms with E-state index in [0.717, 1.165) is 16.7 Å². The van der Waals surface area contributed by atoms with Crippen molar-refractivity contribution >= 4 is 17.8 Å². The number of hydrogen-bond acceptors (Lipinski definition) is 7. The summed E-state index contributed by atoms with van der Waals surface area (Å²) in [5.74, 6) is 2.72. The molecule has 0 radical (unpaired) electrons. The number of nitrogens with zero attached hydrogens (tertiary/aromatic N) is 2. The quantitative estimate of drug-likeness (QED) is 0.848. The second-order valence-corrected chi connectivity index (χ2v) is 6.52. The predicted octanol–water partition coefficient (Wildman–Crippen LogP) is 2.68. The molecule has 2 heterocycles. The van der Waals surface area contributed by atoms with Crippen molar-refractivity contribution in [2.24, 2.45) is 5.92 Å². The lowest BCUT2D eigenvalue weighted by Crippen LogP contribution is -2.24. The van der Waals surface area contributed by atoms with Crippen molar-refractivity contribution in [1.29, 1.82) is 0 Å². The van der Waals surface area contributed by atoms with E-state index in [1.165, 1.54) is 0 Å². The summed E-state index contributed by atoms with van der Waals surface area (Å²) in [7, 11) is 3.21. The van der Waals surface area contributed by atoms with E-state index in [-0.39, 0.29) is 12.1 Å². The molecule has 0 amide bonds. The van der Waals surface area contributed by atoms with Gasteiger partial charge < -0.3 is 25.7 Å². The number of methoxy groups -OCH3 is 2. The second-order valence-electron chi connectivity index (χ2n) is 6.52. The highest BCUT2D eigenvalue weighted by Crippen LogP contribution is 2.46. The second kappa shape index (κ2) is 7.11. The monoisotopic (exact) mass is 356 g/mol. The number of nitrogen functional groups attached to an aromatic ring is 2. The molecule has 1 atom stereocenters. The van der Waals surface area contributed by atoms with E-state index >= 15 is 0 Å². The molecule has 0 spiro atoms. The number of rotatable bonds is 5. The van der Waals surface area contributed by atoms with E-state index < -0.39 is 0 Å². The summed E-state index contributed by atoms with van der Waals surface area (Å²) in [5.41, 5.74) is 14.3. The average Bonchev–Trinajstić information content (AvgIpc) is 2.62. The highest BCUT2D eigenvalue weighted by atomic mass is 16.5. The highest BCUT2D eigenvalue weighted by Gasteiger charge is 2.26. The Bertz CT molecular complexity index is 849. The van der Waals surface area contributed by atoms with Crippen LogP contribution < -0.4 is 25.7 Å². The minimum atomic E-state index is -0.0266. The molecule has 3 rings (SSSR count). The number of fused-ring (bicyclic) bond motifs is 1. The molecule has 0 saturated carbocycles. The van der Waals surface area contributed by atoms with Gasteiger partial charge in [-0.2, -0.15) is 4.98 Å². The van der Waals surface area contributed by atoms with Gasteiger partial charge >= 0.3 is 0 Å². The Labute approximate surface area is 153 Å². The van der Waals surface area contributed by atoms with Crippen LogP contribution >= 0.6 is 0 Å². The van der Waals surface area contributed by atoms with Gasteiger partial charge in [-0.25, -0.2) is 4.98 Å². The van der Waals surface area contributed by atoms with Crippen LogP contribution in [0.3, 0.4) is 0 Å². The highest BCUT2D eigenvalue weighted by molar-refractivity contribution is 5.72.